The third-order valence-corrected chi connectivity index (χ3v) is 4.60. The third kappa shape index (κ3) is 2.22. The van der Waals surface area contributed by atoms with Crippen LogP contribution in [0.15, 0.2) is 0 Å². The quantitative estimate of drug-likeness (QED) is 0.709. The molecular formula is C14H22O3. The molecule has 0 amide bonds. The summed E-state index contributed by atoms with van der Waals surface area (Å²) in [5.41, 5.74) is -0.530. The predicted octanol–water partition coefficient (Wildman–Crippen LogP) is 2.82. The zero-order valence-electron chi connectivity index (χ0n) is 10.5. The van der Waals surface area contributed by atoms with Gasteiger partial charge in [-0.05, 0) is 38.0 Å². The first-order chi connectivity index (χ1) is 8.28. The highest BCUT2D eigenvalue weighted by atomic mass is 16.6. The summed E-state index contributed by atoms with van der Waals surface area (Å²) in [6, 6.07) is 0. The zero-order chi connectivity index (χ0) is 11.7. The van der Waals surface area contributed by atoms with E-state index in [1.807, 2.05) is 0 Å². The summed E-state index contributed by atoms with van der Waals surface area (Å²) in [4.78, 5) is 12.1. The Morgan fingerprint density at radius 2 is 1.94 bits per heavy atom. The molecule has 4 aliphatic rings. The fourth-order valence-corrected chi connectivity index (χ4v) is 3.53. The van der Waals surface area contributed by atoms with Crippen LogP contribution in [-0.4, -0.2) is 24.3 Å². The molecular weight excluding hydrogens is 216 g/mol. The maximum absolute atomic E-state index is 12.1. The number of hydrogen-bond donors (Lipinski definition) is 0. The van der Waals surface area contributed by atoms with Crippen molar-refractivity contribution in [2.45, 2.75) is 69.5 Å². The average molecular weight is 238 g/mol. The van der Waals surface area contributed by atoms with Gasteiger partial charge >= 0.3 is 5.97 Å². The molecule has 0 spiro atoms. The molecule has 2 aliphatic heterocycles. The number of carbonyl (C=O) groups is 1. The van der Waals surface area contributed by atoms with E-state index in [1.54, 1.807) is 0 Å². The topological polar surface area (TPSA) is 35.5 Å². The number of ether oxygens (including phenoxy) is 2. The Kier molecular flexibility index (Phi) is 3.12. The third-order valence-electron chi connectivity index (χ3n) is 4.60. The molecule has 17 heavy (non-hydrogen) atoms. The largest absolute Gasteiger partial charge is 0.463 e. The van der Waals surface area contributed by atoms with E-state index in [-0.39, 0.29) is 5.97 Å². The van der Waals surface area contributed by atoms with Crippen molar-refractivity contribution in [1.29, 1.82) is 0 Å². The van der Waals surface area contributed by atoms with Gasteiger partial charge in [0, 0.05) is 6.42 Å². The normalized spacial score (nSPS) is 37.3. The second-order valence-electron chi connectivity index (χ2n) is 5.93. The summed E-state index contributed by atoms with van der Waals surface area (Å²) < 4.78 is 11.2. The van der Waals surface area contributed by atoms with E-state index in [0.29, 0.717) is 18.6 Å². The molecule has 2 bridgehead atoms. The summed E-state index contributed by atoms with van der Waals surface area (Å²) >= 11 is 0. The molecule has 2 unspecified atom stereocenters. The minimum atomic E-state index is -0.530. The van der Waals surface area contributed by atoms with Gasteiger partial charge in [0.05, 0.1) is 12.7 Å². The first kappa shape index (κ1) is 11.5. The molecule has 2 atom stereocenters. The minimum absolute atomic E-state index is 0.0842. The van der Waals surface area contributed by atoms with Crippen molar-refractivity contribution < 1.29 is 14.3 Å². The van der Waals surface area contributed by atoms with Gasteiger partial charge in [-0.2, -0.15) is 0 Å². The molecule has 3 heteroatoms. The van der Waals surface area contributed by atoms with E-state index < -0.39 is 5.60 Å². The monoisotopic (exact) mass is 238 g/mol. The van der Waals surface area contributed by atoms with Gasteiger partial charge in [-0.15, -0.1) is 0 Å². The van der Waals surface area contributed by atoms with Crippen LogP contribution in [0.5, 0.6) is 0 Å². The van der Waals surface area contributed by atoms with Crippen molar-refractivity contribution in [3.8, 4) is 0 Å². The Balaban J connectivity index is 1.47. The fourth-order valence-electron chi connectivity index (χ4n) is 3.53. The molecule has 3 nitrogen and oxygen atoms in total. The van der Waals surface area contributed by atoms with Crippen molar-refractivity contribution in [2.75, 3.05) is 6.61 Å². The first-order valence-electron chi connectivity index (χ1n) is 7.14. The Morgan fingerprint density at radius 3 is 2.59 bits per heavy atom. The lowest BCUT2D eigenvalue weighted by molar-refractivity contribution is -0.246. The van der Waals surface area contributed by atoms with Crippen LogP contribution < -0.4 is 0 Å². The van der Waals surface area contributed by atoms with E-state index in [1.165, 1.54) is 32.1 Å². The first-order valence-corrected chi connectivity index (χ1v) is 7.14. The van der Waals surface area contributed by atoms with Crippen molar-refractivity contribution >= 4 is 5.97 Å². The van der Waals surface area contributed by atoms with Crippen LogP contribution in [0.25, 0.3) is 0 Å². The Hall–Kier alpha value is -0.570. The maximum atomic E-state index is 12.1. The molecule has 96 valence electrons. The summed E-state index contributed by atoms with van der Waals surface area (Å²) in [6.45, 7) is 0.620. The molecule has 2 heterocycles. The summed E-state index contributed by atoms with van der Waals surface area (Å²) in [7, 11) is 0. The number of hydrogen-bond acceptors (Lipinski definition) is 3. The second kappa shape index (κ2) is 4.60. The van der Waals surface area contributed by atoms with Gasteiger partial charge in [0.15, 0.2) is 5.60 Å². The molecule has 2 aliphatic carbocycles. The van der Waals surface area contributed by atoms with Crippen molar-refractivity contribution in [1.82, 2.24) is 0 Å². The summed E-state index contributed by atoms with van der Waals surface area (Å²) in [6.07, 6.45) is 10.7. The van der Waals surface area contributed by atoms with E-state index in [2.05, 4.69) is 0 Å². The van der Waals surface area contributed by atoms with E-state index in [0.717, 1.165) is 25.7 Å². The van der Waals surface area contributed by atoms with Gasteiger partial charge in [-0.3, -0.25) is 0 Å². The van der Waals surface area contributed by atoms with Gasteiger partial charge in [0.2, 0.25) is 0 Å². The van der Waals surface area contributed by atoms with Crippen molar-refractivity contribution in [3.63, 3.8) is 0 Å². The molecule has 0 aromatic rings. The average Bonchev–Trinajstić information content (AvgIpc) is 2.37. The van der Waals surface area contributed by atoms with Gasteiger partial charge in [0.25, 0.3) is 0 Å². The smallest absolute Gasteiger partial charge is 0.338 e. The Labute approximate surface area is 103 Å². The number of carbonyl (C=O) groups excluding carboxylic acids is 1. The molecule has 0 radical (unpaired) electrons. The van der Waals surface area contributed by atoms with Crippen molar-refractivity contribution in [3.05, 3.63) is 0 Å². The molecule has 0 N–H and O–H groups in total. The lowest BCUT2D eigenvalue weighted by Gasteiger charge is -2.50. The van der Waals surface area contributed by atoms with Crippen LogP contribution >= 0.6 is 0 Å². The highest BCUT2D eigenvalue weighted by Crippen LogP contribution is 2.45. The number of fused-ring (bicyclic) bond motifs is 2. The van der Waals surface area contributed by atoms with E-state index in [4.69, 9.17) is 9.47 Å². The van der Waals surface area contributed by atoms with E-state index >= 15 is 0 Å². The van der Waals surface area contributed by atoms with Gasteiger partial charge < -0.3 is 9.47 Å². The van der Waals surface area contributed by atoms with Gasteiger partial charge in [-0.25, -0.2) is 4.79 Å². The minimum Gasteiger partial charge on any atom is -0.463 e. The summed E-state index contributed by atoms with van der Waals surface area (Å²) in [5.74, 6) is 0.516. The Morgan fingerprint density at radius 1 is 1.18 bits per heavy atom. The van der Waals surface area contributed by atoms with Crippen LogP contribution in [0.1, 0.15) is 57.8 Å². The van der Waals surface area contributed by atoms with E-state index in [9.17, 15) is 4.79 Å². The van der Waals surface area contributed by atoms with Crippen LogP contribution in [0, 0.1) is 5.92 Å². The maximum Gasteiger partial charge on any atom is 0.338 e. The molecule has 0 aromatic heterocycles. The molecule has 0 aromatic carbocycles. The SMILES string of the molecule is O=C(OCC1CCCCC1)C12CCCC(C1)O2. The zero-order valence-corrected chi connectivity index (χ0v) is 10.5. The molecule has 4 fully saturated rings. The van der Waals surface area contributed by atoms with Gasteiger partial charge in [0.1, 0.15) is 0 Å². The molecule has 4 rings (SSSR count). The Bertz CT molecular complexity index is 282. The molecule has 2 saturated carbocycles. The fraction of sp³-hybridized carbons (Fsp3) is 0.929. The van der Waals surface area contributed by atoms with Crippen LogP contribution in [-0.2, 0) is 14.3 Å². The number of rotatable bonds is 3. The predicted molar refractivity (Wildman–Crippen MR) is 63.6 cm³/mol. The highest BCUT2D eigenvalue weighted by Gasteiger charge is 2.55. The van der Waals surface area contributed by atoms with Crippen LogP contribution in [0.2, 0.25) is 0 Å². The highest BCUT2D eigenvalue weighted by molar-refractivity contribution is 5.81. The lowest BCUT2D eigenvalue weighted by atomic mass is 9.77. The summed E-state index contributed by atoms with van der Waals surface area (Å²) in [5, 5.41) is 0. The van der Waals surface area contributed by atoms with Crippen LogP contribution in [0.3, 0.4) is 0 Å². The van der Waals surface area contributed by atoms with Gasteiger partial charge in [-0.1, -0.05) is 19.3 Å². The second-order valence-corrected chi connectivity index (χ2v) is 5.93. The van der Waals surface area contributed by atoms with Crippen molar-refractivity contribution in [2.24, 2.45) is 5.92 Å². The van der Waals surface area contributed by atoms with Crippen LogP contribution in [0.4, 0.5) is 0 Å². The molecule has 2 saturated heterocycles. The lowest BCUT2D eigenvalue weighted by Crippen LogP contribution is -2.59. The standard InChI is InChI=1S/C14H22O3/c15-13(14-8-4-7-12(9-14)17-14)16-10-11-5-2-1-3-6-11/h11-12H,1-10H2. The number of esters is 1.